The SMILES string of the molecule is COc1ccc(C(NC(=O)c2ccncc2)C2CC2)cc1. The van der Waals surface area contributed by atoms with Crippen LogP contribution in [-0.2, 0) is 0 Å². The molecule has 0 saturated heterocycles. The van der Waals surface area contributed by atoms with Crippen molar-refractivity contribution in [3.05, 3.63) is 59.9 Å². The number of hydrogen-bond acceptors (Lipinski definition) is 3. The molecule has 4 nitrogen and oxygen atoms in total. The first-order valence-electron chi connectivity index (χ1n) is 7.13. The van der Waals surface area contributed by atoms with Gasteiger partial charge in [-0.25, -0.2) is 0 Å². The number of hydrogen-bond donors (Lipinski definition) is 1. The lowest BCUT2D eigenvalue weighted by Gasteiger charge is -2.19. The normalized spacial score (nSPS) is 15.3. The third-order valence-electron chi connectivity index (χ3n) is 3.80. The number of nitrogens with zero attached hydrogens (tertiary/aromatic N) is 1. The summed E-state index contributed by atoms with van der Waals surface area (Å²) in [5, 5.41) is 3.14. The van der Waals surface area contributed by atoms with Gasteiger partial charge in [-0.1, -0.05) is 12.1 Å². The molecule has 1 heterocycles. The van der Waals surface area contributed by atoms with E-state index in [9.17, 15) is 4.79 Å². The van der Waals surface area contributed by atoms with Gasteiger partial charge in [-0.3, -0.25) is 9.78 Å². The number of aromatic nitrogens is 1. The predicted octanol–water partition coefficient (Wildman–Crippen LogP) is 2.97. The van der Waals surface area contributed by atoms with Crippen LogP contribution < -0.4 is 10.1 Å². The predicted molar refractivity (Wildman–Crippen MR) is 80.2 cm³/mol. The number of ether oxygens (including phenoxy) is 1. The highest BCUT2D eigenvalue weighted by molar-refractivity contribution is 5.94. The van der Waals surface area contributed by atoms with E-state index in [1.807, 2.05) is 24.3 Å². The highest BCUT2D eigenvalue weighted by Gasteiger charge is 2.33. The third-order valence-corrected chi connectivity index (χ3v) is 3.80. The van der Waals surface area contributed by atoms with Gasteiger partial charge in [-0.05, 0) is 48.6 Å². The third kappa shape index (κ3) is 3.21. The van der Waals surface area contributed by atoms with Gasteiger partial charge in [-0.2, -0.15) is 0 Å². The van der Waals surface area contributed by atoms with Gasteiger partial charge in [0, 0.05) is 18.0 Å². The molecule has 1 saturated carbocycles. The van der Waals surface area contributed by atoms with Gasteiger partial charge in [0.15, 0.2) is 0 Å². The minimum atomic E-state index is -0.0508. The van der Waals surface area contributed by atoms with Gasteiger partial charge in [0.1, 0.15) is 5.75 Å². The van der Waals surface area contributed by atoms with Crippen LogP contribution in [0.2, 0.25) is 0 Å². The van der Waals surface area contributed by atoms with Crippen LogP contribution in [0.25, 0.3) is 0 Å². The van der Waals surface area contributed by atoms with E-state index in [4.69, 9.17) is 4.74 Å². The number of pyridine rings is 1. The largest absolute Gasteiger partial charge is 0.497 e. The van der Waals surface area contributed by atoms with Crippen LogP contribution in [0, 0.1) is 5.92 Å². The highest BCUT2D eigenvalue weighted by atomic mass is 16.5. The van der Waals surface area contributed by atoms with Gasteiger partial charge in [0.25, 0.3) is 5.91 Å². The van der Waals surface area contributed by atoms with Crippen LogP contribution in [0.15, 0.2) is 48.8 Å². The molecule has 4 heteroatoms. The van der Waals surface area contributed by atoms with Gasteiger partial charge >= 0.3 is 0 Å². The number of carbonyl (C=O) groups is 1. The maximum absolute atomic E-state index is 12.3. The molecule has 2 aromatic rings. The van der Waals surface area contributed by atoms with Crippen LogP contribution in [0.1, 0.15) is 34.8 Å². The Labute approximate surface area is 124 Å². The van der Waals surface area contributed by atoms with Gasteiger partial charge < -0.3 is 10.1 Å². The van der Waals surface area contributed by atoms with Gasteiger partial charge in [0.2, 0.25) is 0 Å². The Bertz CT molecular complexity index is 606. The second-order valence-corrected chi connectivity index (χ2v) is 5.30. The quantitative estimate of drug-likeness (QED) is 0.917. The molecule has 108 valence electrons. The lowest BCUT2D eigenvalue weighted by molar-refractivity contribution is 0.0931. The first-order chi connectivity index (χ1) is 10.3. The molecule has 0 aliphatic heterocycles. The lowest BCUT2D eigenvalue weighted by Crippen LogP contribution is -2.29. The Morgan fingerprint density at radius 3 is 2.43 bits per heavy atom. The summed E-state index contributed by atoms with van der Waals surface area (Å²) in [5.41, 5.74) is 1.77. The van der Waals surface area contributed by atoms with E-state index >= 15 is 0 Å². The molecule has 1 aromatic carbocycles. The van der Waals surface area contributed by atoms with Crippen molar-refractivity contribution in [1.82, 2.24) is 10.3 Å². The molecule has 3 rings (SSSR count). The van der Waals surface area contributed by atoms with Gasteiger partial charge in [-0.15, -0.1) is 0 Å². The molecule has 0 spiro atoms. The van der Waals surface area contributed by atoms with Crippen LogP contribution in [0.4, 0.5) is 0 Å². The van der Waals surface area contributed by atoms with Crippen molar-refractivity contribution >= 4 is 5.91 Å². The second-order valence-electron chi connectivity index (χ2n) is 5.30. The van der Waals surface area contributed by atoms with E-state index in [-0.39, 0.29) is 11.9 Å². The monoisotopic (exact) mass is 282 g/mol. The molecular formula is C17H18N2O2. The number of benzene rings is 1. The minimum absolute atomic E-state index is 0.0508. The zero-order valence-corrected chi connectivity index (χ0v) is 12.0. The smallest absolute Gasteiger partial charge is 0.251 e. The molecule has 21 heavy (non-hydrogen) atoms. The van der Waals surface area contributed by atoms with E-state index in [0.717, 1.165) is 24.2 Å². The highest BCUT2D eigenvalue weighted by Crippen LogP contribution is 2.41. The summed E-state index contributed by atoms with van der Waals surface area (Å²) in [6, 6.07) is 11.4. The van der Waals surface area contributed by atoms with E-state index in [2.05, 4.69) is 10.3 Å². The molecule has 1 unspecified atom stereocenters. The minimum Gasteiger partial charge on any atom is -0.497 e. The summed E-state index contributed by atoms with van der Waals surface area (Å²) < 4.78 is 5.18. The summed E-state index contributed by atoms with van der Waals surface area (Å²) >= 11 is 0. The molecule has 0 bridgehead atoms. The fourth-order valence-corrected chi connectivity index (χ4v) is 2.44. The van der Waals surface area contributed by atoms with Crippen LogP contribution in [-0.4, -0.2) is 18.0 Å². The molecular weight excluding hydrogens is 264 g/mol. The Kier molecular flexibility index (Phi) is 3.86. The topological polar surface area (TPSA) is 51.2 Å². The fraction of sp³-hybridized carbons (Fsp3) is 0.294. The van der Waals surface area contributed by atoms with Crippen LogP contribution >= 0.6 is 0 Å². The second kappa shape index (κ2) is 5.95. The molecule has 1 fully saturated rings. The van der Waals surface area contributed by atoms with Crippen molar-refractivity contribution < 1.29 is 9.53 Å². The number of amides is 1. The molecule has 0 radical (unpaired) electrons. The maximum Gasteiger partial charge on any atom is 0.251 e. The molecule has 1 amide bonds. The zero-order chi connectivity index (χ0) is 14.7. The van der Waals surface area contributed by atoms with Crippen molar-refractivity contribution in [2.75, 3.05) is 7.11 Å². The van der Waals surface area contributed by atoms with Crippen molar-refractivity contribution in [2.45, 2.75) is 18.9 Å². The number of nitrogens with one attached hydrogen (secondary N) is 1. The van der Waals surface area contributed by atoms with Crippen molar-refractivity contribution in [1.29, 1.82) is 0 Å². The summed E-state index contributed by atoms with van der Waals surface area (Å²) in [7, 11) is 1.65. The first kappa shape index (κ1) is 13.6. The first-order valence-corrected chi connectivity index (χ1v) is 7.13. The summed E-state index contributed by atoms with van der Waals surface area (Å²) in [6.07, 6.45) is 5.59. The standard InChI is InChI=1S/C17H18N2O2/c1-21-15-6-4-13(5-7-15)16(12-2-3-12)19-17(20)14-8-10-18-11-9-14/h4-12,16H,2-3H2,1H3,(H,19,20). The maximum atomic E-state index is 12.3. The molecule has 1 aromatic heterocycles. The summed E-state index contributed by atoms with van der Waals surface area (Å²) in [6.45, 7) is 0. The average molecular weight is 282 g/mol. The van der Waals surface area contributed by atoms with E-state index < -0.39 is 0 Å². The Morgan fingerprint density at radius 1 is 1.19 bits per heavy atom. The van der Waals surface area contributed by atoms with Crippen molar-refractivity contribution in [3.8, 4) is 5.75 Å². The molecule has 1 aliphatic rings. The number of rotatable bonds is 5. The number of carbonyl (C=O) groups excluding carboxylic acids is 1. The lowest BCUT2D eigenvalue weighted by atomic mass is 10.0. The zero-order valence-electron chi connectivity index (χ0n) is 12.0. The Morgan fingerprint density at radius 2 is 1.86 bits per heavy atom. The molecule has 1 aliphatic carbocycles. The van der Waals surface area contributed by atoms with E-state index in [1.54, 1.807) is 31.6 Å². The molecule has 1 atom stereocenters. The average Bonchev–Trinajstić information content (AvgIpc) is 3.38. The van der Waals surface area contributed by atoms with Crippen molar-refractivity contribution in [2.24, 2.45) is 5.92 Å². The summed E-state index contributed by atoms with van der Waals surface area (Å²) in [5.74, 6) is 1.31. The van der Waals surface area contributed by atoms with Crippen molar-refractivity contribution in [3.63, 3.8) is 0 Å². The Hall–Kier alpha value is -2.36. The van der Waals surface area contributed by atoms with E-state index in [0.29, 0.717) is 11.5 Å². The fourth-order valence-electron chi connectivity index (χ4n) is 2.44. The number of methoxy groups -OCH3 is 1. The van der Waals surface area contributed by atoms with Crippen LogP contribution in [0.3, 0.4) is 0 Å². The van der Waals surface area contributed by atoms with Gasteiger partial charge in [0.05, 0.1) is 13.2 Å². The molecule has 1 N–H and O–H groups in total. The van der Waals surface area contributed by atoms with E-state index in [1.165, 1.54) is 0 Å². The van der Waals surface area contributed by atoms with Crippen LogP contribution in [0.5, 0.6) is 5.75 Å². The summed E-state index contributed by atoms with van der Waals surface area (Å²) in [4.78, 5) is 16.3. The Balaban J connectivity index is 1.77.